The summed E-state index contributed by atoms with van der Waals surface area (Å²) in [4.78, 5) is 14.5. The maximum atomic E-state index is 12.8. The molecule has 0 atom stereocenters. The van der Waals surface area contributed by atoms with E-state index < -0.39 is 11.7 Å². The Morgan fingerprint density at radius 1 is 1.12 bits per heavy atom. The first-order valence-corrected chi connectivity index (χ1v) is 10.8. The standard InChI is InChI=1S/C22H20F3NO4S2/c1-3-26-20(27)18(32-21(26)31)12-14-6-4-9-17(28-2)19(14)30-11-10-29-16-8-5-7-15(13-16)22(23,24)25/h4-9,12-13H,3,10-11H2,1-2H3/b18-12-. The second-order valence-electron chi connectivity index (χ2n) is 6.53. The van der Waals surface area contributed by atoms with Crippen molar-refractivity contribution in [1.29, 1.82) is 0 Å². The van der Waals surface area contributed by atoms with E-state index in [0.717, 1.165) is 12.1 Å². The minimum atomic E-state index is -4.44. The predicted octanol–water partition coefficient (Wildman–Crippen LogP) is 5.39. The van der Waals surface area contributed by atoms with E-state index in [-0.39, 0.29) is 24.9 Å². The summed E-state index contributed by atoms with van der Waals surface area (Å²) < 4.78 is 55.6. The average Bonchev–Trinajstić information content (AvgIpc) is 3.03. The van der Waals surface area contributed by atoms with Crippen molar-refractivity contribution in [3.8, 4) is 17.2 Å². The van der Waals surface area contributed by atoms with E-state index in [2.05, 4.69) is 0 Å². The number of alkyl halides is 3. The Morgan fingerprint density at radius 3 is 2.50 bits per heavy atom. The molecule has 1 fully saturated rings. The van der Waals surface area contributed by atoms with Gasteiger partial charge in [0.15, 0.2) is 11.5 Å². The van der Waals surface area contributed by atoms with Crippen LogP contribution in [0, 0.1) is 0 Å². The van der Waals surface area contributed by atoms with Crippen molar-refractivity contribution in [1.82, 2.24) is 4.90 Å². The summed E-state index contributed by atoms with van der Waals surface area (Å²) in [7, 11) is 1.49. The SMILES string of the molecule is CCN1C(=O)/C(=C/c2cccc(OC)c2OCCOc2cccc(C(F)(F)F)c2)SC1=S. The molecule has 10 heteroatoms. The van der Waals surface area contributed by atoms with Crippen LogP contribution in [-0.4, -0.2) is 42.0 Å². The Labute approximate surface area is 193 Å². The van der Waals surface area contributed by atoms with Gasteiger partial charge in [-0.15, -0.1) is 0 Å². The second kappa shape index (κ2) is 10.3. The number of rotatable bonds is 8. The number of para-hydroxylation sites is 1. The quantitative estimate of drug-likeness (QED) is 0.285. The molecule has 0 aromatic heterocycles. The zero-order valence-electron chi connectivity index (χ0n) is 17.3. The van der Waals surface area contributed by atoms with Gasteiger partial charge in [-0.2, -0.15) is 13.2 Å². The Hall–Kier alpha value is -2.72. The number of thioether (sulfide) groups is 1. The Kier molecular flexibility index (Phi) is 7.68. The van der Waals surface area contributed by atoms with Gasteiger partial charge in [0, 0.05) is 12.1 Å². The molecule has 0 spiro atoms. The van der Waals surface area contributed by atoms with Crippen molar-refractivity contribution in [2.24, 2.45) is 0 Å². The lowest BCUT2D eigenvalue weighted by molar-refractivity contribution is -0.137. The van der Waals surface area contributed by atoms with Gasteiger partial charge in [-0.1, -0.05) is 42.2 Å². The first-order valence-electron chi connectivity index (χ1n) is 9.59. The number of carbonyl (C=O) groups excluding carboxylic acids is 1. The highest BCUT2D eigenvalue weighted by molar-refractivity contribution is 8.26. The van der Waals surface area contributed by atoms with E-state index in [1.165, 1.54) is 35.9 Å². The van der Waals surface area contributed by atoms with Crippen LogP contribution >= 0.6 is 24.0 Å². The molecule has 0 saturated carbocycles. The predicted molar refractivity (Wildman–Crippen MR) is 121 cm³/mol. The Balaban J connectivity index is 1.71. The molecule has 1 amide bonds. The van der Waals surface area contributed by atoms with Crippen molar-refractivity contribution in [3.63, 3.8) is 0 Å². The van der Waals surface area contributed by atoms with Crippen LogP contribution in [0.4, 0.5) is 13.2 Å². The number of ether oxygens (including phenoxy) is 3. The molecule has 1 aliphatic heterocycles. The van der Waals surface area contributed by atoms with Crippen LogP contribution in [0.5, 0.6) is 17.2 Å². The summed E-state index contributed by atoms with van der Waals surface area (Å²) >= 11 is 6.45. The largest absolute Gasteiger partial charge is 0.493 e. The first-order chi connectivity index (χ1) is 15.2. The number of benzene rings is 2. The van der Waals surface area contributed by atoms with Gasteiger partial charge in [-0.25, -0.2) is 0 Å². The van der Waals surface area contributed by atoms with Gasteiger partial charge >= 0.3 is 6.18 Å². The summed E-state index contributed by atoms with van der Waals surface area (Å²) in [6.45, 7) is 2.39. The summed E-state index contributed by atoms with van der Waals surface area (Å²) in [5, 5.41) is 0. The van der Waals surface area contributed by atoms with E-state index >= 15 is 0 Å². The van der Waals surface area contributed by atoms with E-state index in [1.54, 1.807) is 24.3 Å². The molecule has 1 heterocycles. The lowest BCUT2D eigenvalue weighted by Crippen LogP contribution is -2.27. The van der Waals surface area contributed by atoms with Crippen molar-refractivity contribution >= 4 is 40.3 Å². The van der Waals surface area contributed by atoms with Crippen molar-refractivity contribution in [2.75, 3.05) is 26.9 Å². The number of hydrogen-bond acceptors (Lipinski definition) is 6. The molecule has 0 bridgehead atoms. The number of likely N-dealkylation sites (N-methyl/N-ethyl adjacent to an activating group) is 1. The highest BCUT2D eigenvalue weighted by Crippen LogP contribution is 2.37. The van der Waals surface area contributed by atoms with E-state index in [1.807, 2.05) is 6.92 Å². The zero-order chi connectivity index (χ0) is 23.3. The molecule has 0 N–H and O–H groups in total. The molecule has 0 unspecified atom stereocenters. The average molecular weight is 484 g/mol. The molecule has 170 valence electrons. The fourth-order valence-corrected chi connectivity index (χ4v) is 4.32. The maximum absolute atomic E-state index is 12.8. The zero-order valence-corrected chi connectivity index (χ0v) is 18.9. The third-order valence-electron chi connectivity index (χ3n) is 4.47. The third kappa shape index (κ3) is 5.55. The van der Waals surface area contributed by atoms with E-state index in [0.29, 0.717) is 32.8 Å². The normalized spacial score (nSPS) is 15.4. The summed E-state index contributed by atoms with van der Waals surface area (Å²) in [5.41, 5.74) is -0.174. The molecule has 3 rings (SSSR count). The number of carbonyl (C=O) groups is 1. The third-order valence-corrected chi connectivity index (χ3v) is 5.84. The number of amides is 1. The summed E-state index contributed by atoms with van der Waals surface area (Å²) in [5.74, 6) is 0.754. The van der Waals surface area contributed by atoms with Crippen molar-refractivity contribution in [2.45, 2.75) is 13.1 Å². The van der Waals surface area contributed by atoms with Crippen LogP contribution in [0.3, 0.4) is 0 Å². The lowest BCUT2D eigenvalue weighted by Gasteiger charge is -2.15. The van der Waals surface area contributed by atoms with Gasteiger partial charge < -0.3 is 14.2 Å². The first kappa shape index (κ1) is 23.9. The van der Waals surface area contributed by atoms with E-state index in [9.17, 15) is 18.0 Å². The van der Waals surface area contributed by atoms with Gasteiger partial charge in [-0.05, 0) is 37.3 Å². The van der Waals surface area contributed by atoms with Gasteiger partial charge in [0.05, 0.1) is 17.6 Å². The van der Waals surface area contributed by atoms with Crippen LogP contribution in [0.15, 0.2) is 47.4 Å². The van der Waals surface area contributed by atoms with Gasteiger partial charge in [0.2, 0.25) is 0 Å². The Bertz CT molecular complexity index is 1040. The Morgan fingerprint density at radius 2 is 1.84 bits per heavy atom. The van der Waals surface area contributed by atoms with Crippen LogP contribution in [0.2, 0.25) is 0 Å². The van der Waals surface area contributed by atoms with Crippen LogP contribution in [0.25, 0.3) is 6.08 Å². The topological polar surface area (TPSA) is 48.0 Å². The molecule has 32 heavy (non-hydrogen) atoms. The molecular weight excluding hydrogens is 463 g/mol. The minimum Gasteiger partial charge on any atom is -0.493 e. The highest BCUT2D eigenvalue weighted by atomic mass is 32.2. The molecule has 2 aromatic carbocycles. The van der Waals surface area contributed by atoms with Gasteiger partial charge in [0.25, 0.3) is 5.91 Å². The summed E-state index contributed by atoms with van der Waals surface area (Å²) in [6, 6.07) is 9.87. The second-order valence-corrected chi connectivity index (χ2v) is 8.20. The minimum absolute atomic E-state index is 0.0107. The fraction of sp³-hybridized carbons (Fsp3) is 0.273. The number of thiocarbonyl (C=S) groups is 1. The van der Waals surface area contributed by atoms with Crippen LogP contribution in [-0.2, 0) is 11.0 Å². The lowest BCUT2D eigenvalue weighted by atomic mass is 10.1. The molecule has 0 radical (unpaired) electrons. The highest BCUT2D eigenvalue weighted by Gasteiger charge is 2.31. The van der Waals surface area contributed by atoms with E-state index in [4.69, 9.17) is 26.4 Å². The number of nitrogens with zero attached hydrogens (tertiary/aromatic N) is 1. The van der Waals surface area contributed by atoms with Crippen molar-refractivity contribution in [3.05, 3.63) is 58.5 Å². The maximum Gasteiger partial charge on any atom is 0.416 e. The van der Waals surface area contributed by atoms with Gasteiger partial charge in [0.1, 0.15) is 23.3 Å². The molecule has 5 nitrogen and oxygen atoms in total. The molecule has 0 aliphatic carbocycles. The monoisotopic (exact) mass is 483 g/mol. The van der Waals surface area contributed by atoms with Crippen LogP contribution in [0.1, 0.15) is 18.1 Å². The van der Waals surface area contributed by atoms with Crippen molar-refractivity contribution < 1.29 is 32.2 Å². The molecule has 1 aliphatic rings. The molecule has 1 saturated heterocycles. The fourth-order valence-electron chi connectivity index (χ4n) is 2.94. The van der Waals surface area contributed by atoms with Crippen LogP contribution < -0.4 is 14.2 Å². The number of halogens is 3. The summed E-state index contributed by atoms with van der Waals surface area (Å²) in [6.07, 6.45) is -2.76. The number of methoxy groups -OCH3 is 1. The number of hydrogen-bond donors (Lipinski definition) is 0. The molecular formula is C22H20F3NO4S2. The van der Waals surface area contributed by atoms with Gasteiger partial charge in [-0.3, -0.25) is 9.69 Å². The smallest absolute Gasteiger partial charge is 0.416 e. The molecule has 2 aromatic rings.